The topological polar surface area (TPSA) is 112 Å². The van der Waals surface area contributed by atoms with Gasteiger partial charge in [0.05, 0.1) is 0 Å². The quantitative estimate of drug-likeness (QED) is 0.0525. The van der Waals surface area contributed by atoms with Gasteiger partial charge in [0.25, 0.3) is 0 Å². The highest BCUT2D eigenvalue weighted by atomic mass is 16.4. The number of carbonyl (C=O) groups is 3. The summed E-state index contributed by atoms with van der Waals surface area (Å²) in [7, 11) is 0. The van der Waals surface area contributed by atoms with Gasteiger partial charge in [0.1, 0.15) is 0 Å². The second-order valence-corrected chi connectivity index (χ2v) is 20.1. The van der Waals surface area contributed by atoms with E-state index < -0.39 is 35.2 Å². The molecule has 0 rings (SSSR count). The summed E-state index contributed by atoms with van der Waals surface area (Å²) in [5.74, 6) is -2.10. The number of ketones is 3. The van der Waals surface area contributed by atoms with Crippen LogP contribution in [0.2, 0.25) is 0 Å². The zero-order valence-electron chi connectivity index (χ0n) is 42.7. The Bertz CT molecular complexity index is 943. The van der Waals surface area contributed by atoms with Gasteiger partial charge >= 0.3 is 0 Å². The van der Waals surface area contributed by atoms with Crippen molar-refractivity contribution in [3.05, 3.63) is 0 Å². The van der Waals surface area contributed by atoms with Gasteiger partial charge in [-0.3, -0.25) is 14.4 Å². The molecule has 0 heterocycles. The fourth-order valence-electron chi connectivity index (χ4n) is 9.42. The molecule has 6 heteroatoms. The van der Waals surface area contributed by atoms with Gasteiger partial charge in [0, 0.05) is 19.3 Å². The summed E-state index contributed by atoms with van der Waals surface area (Å²) in [6.45, 7) is 6.78. The van der Waals surface area contributed by atoms with Crippen LogP contribution < -0.4 is 0 Å². The van der Waals surface area contributed by atoms with Gasteiger partial charge < -0.3 is 15.3 Å². The zero-order chi connectivity index (χ0) is 46.3. The molecule has 374 valence electrons. The molecule has 6 nitrogen and oxygen atoms in total. The number of carbonyl (C=O) groups excluding carboxylic acids is 3. The Morgan fingerprint density at radius 2 is 0.444 bits per heavy atom. The Morgan fingerprint density at radius 3 is 0.635 bits per heavy atom. The van der Waals surface area contributed by atoms with E-state index in [-0.39, 0.29) is 19.3 Å². The maximum absolute atomic E-state index is 13.6. The lowest BCUT2D eigenvalue weighted by Crippen LogP contribution is -2.63. The minimum absolute atomic E-state index is 0.0218. The maximum atomic E-state index is 13.6. The lowest BCUT2D eigenvalue weighted by molar-refractivity contribution is -0.181. The van der Waals surface area contributed by atoms with E-state index in [1.807, 2.05) is 0 Å². The fourth-order valence-corrected chi connectivity index (χ4v) is 9.42. The first-order valence-electron chi connectivity index (χ1n) is 28.4. The summed E-state index contributed by atoms with van der Waals surface area (Å²) in [5.41, 5.74) is -2.80. The van der Waals surface area contributed by atoms with E-state index in [0.717, 1.165) is 57.8 Å². The van der Waals surface area contributed by atoms with Crippen molar-refractivity contribution < 1.29 is 29.7 Å². The van der Waals surface area contributed by atoms with Crippen LogP contribution in [-0.2, 0) is 14.4 Å². The standard InChI is InChI=1S/C57H110O6/c1-4-7-10-13-16-19-22-25-28-31-34-37-40-43-46-49-52(58)55(61)57(63,54(60)51-48-45-42-39-36-33-30-27-24-21-18-15-12-9-6-3)56(62)53(59)50-47-44-41-38-35-32-29-26-23-20-17-14-11-8-5-2/h55-56,61-63H,4-51H2,1-3H3. The molecule has 0 aliphatic heterocycles. The number of aliphatic hydroxyl groups excluding tert-OH is 2. The van der Waals surface area contributed by atoms with E-state index in [2.05, 4.69) is 20.8 Å². The van der Waals surface area contributed by atoms with Crippen molar-refractivity contribution in [1.29, 1.82) is 0 Å². The maximum Gasteiger partial charge on any atom is 0.189 e. The van der Waals surface area contributed by atoms with Crippen molar-refractivity contribution in [2.45, 2.75) is 347 Å². The average Bonchev–Trinajstić information content (AvgIpc) is 3.29. The van der Waals surface area contributed by atoms with E-state index in [4.69, 9.17) is 0 Å². The fraction of sp³-hybridized carbons (Fsp3) is 0.947. The van der Waals surface area contributed by atoms with E-state index >= 15 is 0 Å². The van der Waals surface area contributed by atoms with Crippen LogP contribution in [0.3, 0.4) is 0 Å². The number of hydrogen-bond acceptors (Lipinski definition) is 6. The van der Waals surface area contributed by atoms with Crippen LogP contribution in [0.4, 0.5) is 0 Å². The van der Waals surface area contributed by atoms with Gasteiger partial charge in [-0.2, -0.15) is 0 Å². The molecule has 0 spiro atoms. The summed E-state index contributed by atoms with van der Waals surface area (Å²) in [6.07, 6.45) is 49.6. The van der Waals surface area contributed by atoms with Crippen molar-refractivity contribution in [2.24, 2.45) is 0 Å². The van der Waals surface area contributed by atoms with Crippen LogP contribution in [0.25, 0.3) is 0 Å². The third kappa shape index (κ3) is 36.7. The molecule has 0 aromatic rings. The van der Waals surface area contributed by atoms with Crippen molar-refractivity contribution >= 4 is 17.3 Å². The summed E-state index contributed by atoms with van der Waals surface area (Å²) in [4.78, 5) is 40.2. The first kappa shape index (κ1) is 61.9. The average molecular weight is 892 g/mol. The van der Waals surface area contributed by atoms with Gasteiger partial charge in [-0.1, -0.05) is 290 Å². The van der Waals surface area contributed by atoms with Gasteiger partial charge in [-0.15, -0.1) is 0 Å². The summed E-state index contributed by atoms with van der Waals surface area (Å²) >= 11 is 0. The Kier molecular flexibility index (Phi) is 46.6. The molecule has 0 fully saturated rings. The van der Waals surface area contributed by atoms with Crippen LogP contribution in [-0.4, -0.2) is 50.5 Å². The minimum Gasteiger partial charge on any atom is -0.382 e. The Labute approximate surface area is 392 Å². The highest BCUT2D eigenvalue weighted by molar-refractivity contribution is 6.01. The normalized spacial score (nSPS) is 13.6. The highest BCUT2D eigenvalue weighted by Gasteiger charge is 2.53. The molecular weight excluding hydrogens is 781 g/mol. The SMILES string of the molecule is CCCCCCCCCCCCCCCCCC(=O)C(O)C(O)(C(=O)CCCCCCCCCCCCCCCCC)C(O)C(=O)CCCCCCCCCCCCCCCCC. The van der Waals surface area contributed by atoms with E-state index in [1.54, 1.807) is 0 Å². The lowest BCUT2D eigenvalue weighted by atomic mass is 9.78. The second-order valence-electron chi connectivity index (χ2n) is 20.1. The van der Waals surface area contributed by atoms with Gasteiger partial charge in [0.2, 0.25) is 0 Å². The molecule has 0 aromatic carbocycles. The molecule has 2 atom stereocenters. The first-order chi connectivity index (χ1) is 30.8. The molecule has 0 saturated heterocycles. The van der Waals surface area contributed by atoms with Crippen molar-refractivity contribution in [2.75, 3.05) is 0 Å². The van der Waals surface area contributed by atoms with E-state index in [9.17, 15) is 29.7 Å². The molecule has 0 saturated carbocycles. The van der Waals surface area contributed by atoms with Crippen molar-refractivity contribution in [1.82, 2.24) is 0 Å². The van der Waals surface area contributed by atoms with Crippen LogP contribution in [0, 0.1) is 0 Å². The van der Waals surface area contributed by atoms with Crippen molar-refractivity contribution in [3.8, 4) is 0 Å². The largest absolute Gasteiger partial charge is 0.382 e. The molecule has 0 aromatic heterocycles. The molecule has 63 heavy (non-hydrogen) atoms. The third-order valence-corrected chi connectivity index (χ3v) is 14.0. The molecule has 3 N–H and O–H groups in total. The number of unbranched alkanes of at least 4 members (excludes halogenated alkanes) is 42. The predicted molar refractivity (Wildman–Crippen MR) is 271 cm³/mol. The Balaban J connectivity index is 4.72. The monoisotopic (exact) mass is 891 g/mol. The number of aliphatic hydroxyl groups is 3. The number of hydrogen-bond donors (Lipinski definition) is 3. The van der Waals surface area contributed by atoms with E-state index in [0.29, 0.717) is 19.3 Å². The molecule has 0 bridgehead atoms. The van der Waals surface area contributed by atoms with Crippen LogP contribution in [0.15, 0.2) is 0 Å². The smallest absolute Gasteiger partial charge is 0.189 e. The van der Waals surface area contributed by atoms with Crippen LogP contribution >= 0.6 is 0 Å². The first-order valence-corrected chi connectivity index (χ1v) is 28.4. The highest BCUT2D eigenvalue weighted by Crippen LogP contribution is 2.26. The van der Waals surface area contributed by atoms with Gasteiger partial charge in [-0.25, -0.2) is 0 Å². The second kappa shape index (κ2) is 47.4. The predicted octanol–water partition coefficient (Wildman–Crippen LogP) is 16.9. The molecular formula is C57H110O6. The van der Waals surface area contributed by atoms with E-state index in [1.165, 1.54) is 212 Å². The molecule has 0 amide bonds. The summed E-state index contributed by atoms with van der Waals surface area (Å²) in [6, 6.07) is 0. The van der Waals surface area contributed by atoms with Crippen LogP contribution in [0.5, 0.6) is 0 Å². The number of rotatable bonds is 53. The van der Waals surface area contributed by atoms with Crippen molar-refractivity contribution in [3.63, 3.8) is 0 Å². The molecule has 0 aliphatic rings. The Hall–Kier alpha value is -1.11. The summed E-state index contributed by atoms with van der Waals surface area (Å²) in [5, 5.41) is 34.2. The summed E-state index contributed by atoms with van der Waals surface area (Å²) < 4.78 is 0. The third-order valence-electron chi connectivity index (χ3n) is 14.0. The number of Topliss-reactive ketones (excluding diaryl/α,β-unsaturated/α-hetero) is 3. The van der Waals surface area contributed by atoms with Gasteiger partial charge in [-0.05, 0) is 19.3 Å². The zero-order valence-corrected chi connectivity index (χ0v) is 42.7. The molecule has 0 radical (unpaired) electrons. The molecule has 2 unspecified atom stereocenters. The Morgan fingerprint density at radius 1 is 0.286 bits per heavy atom. The van der Waals surface area contributed by atoms with Crippen LogP contribution in [0.1, 0.15) is 329 Å². The molecule has 0 aliphatic carbocycles. The lowest BCUT2D eigenvalue weighted by Gasteiger charge is -2.34. The van der Waals surface area contributed by atoms with Gasteiger partial charge in [0.15, 0.2) is 35.2 Å². The minimum atomic E-state index is -2.80.